The SMILES string of the molecule is CCCC1CCC(c2ccc(C(N)=[NH2+])cc2)CC1. The summed E-state index contributed by atoms with van der Waals surface area (Å²) in [5.74, 6) is 2.12. The smallest absolute Gasteiger partial charge is 0.270 e. The van der Waals surface area contributed by atoms with Crippen molar-refractivity contribution in [3.8, 4) is 0 Å². The molecule has 0 spiro atoms. The molecule has 0 radical (unpaired) electrons. The van der Waals surface area contributed by atoms with Crippen LogP contribution in [0.25, 0.3) is 0 Å². The van der Waals surface area contributed by atoms with Gasteiger partial charge in [0.2, 0.25) is 0 Å². The van der Waals surface area contributed by atoms with Crippen molar-refractivity contribution in [1.29, 1.82) is 0 Å². The summed E-state index contributed by atoms with van der Waals surface area (Å²) in [4.78, 5) is 0. The first-order valence-electron chi connectivity index (χ1n) is 7.19. The van der Waals surface area contributed by atoms with E-state index in [2.05, 4.69) is 19.1 Å². The lowest BCUT2D eigenvalue weighted by molar-refractivity contribution is -0.114. The number of hydrogen-bond acceptors (Lipinski definition) is 0. The minimum Gasteiger partial charge on any atom is -0.287 e. The zero-order valence-corrected chi connectivity index (χ0v) is 11.4. The summed E-state index contributed by atoms with van der Waals surface area (Å²) in [5.41, 5.74) is 7.98. The summed E-state index contributed by atoms with van der Waals surface area (Å²) in [6, 6.07) is 8.48. The second-order valence-electron chi connectivity index (χ2n) is 5.58. The van der Waals surface area contributed by atoms with Gasteiger partial charge in [-0.1, -0.05) is 31.9 Å². The number of amidine groups is 1. The molecule has 0 heterocycles. The first-order valence-corrected chi connectivity index (χ1v) is 7.19. The average molecular weight is 245 g/mol. The first kappa shape index (κ1) is 13.1. The molecule has 2 rings (SSSR count). The van der Waals surface area contributed by atoms with Crippen LogP contribution in [0.4, 0.5) is 0 Å². The van der Waals surface area contributed by atoms with Crippen molar-refractivity contribution in [3.05, 3.63) is 35.4 Å². The van der Waals surface area contributed by atoms with Gasteiger partial charge in [-0.05, 0) is 55.2 Å². The average Bonchev–Trinajstić information content (AvgIpc) is 2.40. The highest BCUT2D eigenvalue weighted by Crippen LogP contribution is 2.37. The van der Waals surface area contributed by atoms with E-state index in [4.69, 9.17) is 11.1 Å². The second-order valence-corrected chi connectivity index (χ2v) is 5.58. The van der Waals surface area contributed by atoms with E-state index in [0.717, 1.165) is 17.4 Å². The van der Waals surface area contributed by atoms with E-state index in [1.165, 1.54) is 44.1 Å². The van der Waals surface area contributed by atoms with Crippen molar-refractivity contribution in [3.63, 3.8) is 0 Å². The zero-order chi connectivity index (χ0) is 13.0. The van der Waals surface area contributed by atoms with Crippen LogP contribution < -0.4 is 11.1 Å². The van der Waals surface area contributed by atoms with E-state index < -0.39 is 0 Å². The van der Waals surface area contributed by atoms with Crippen LogP contribution in [0.2, 0.25) is 0 Å². The second kappa shape index (κ2) is 6.03. The van der Waals surface area contributed by atoms with Crippen molar-refractivity contribution in [2.45, 2.75) is 51.4 Å². The molecule has 0 atom stereocenters. The molecule has 18 heavy (non-hydrogen) atoms. The molecule has 1 aromatic rings. The van der Waals surface area contributed by atoms with Crippen molar-refractivity contribution in [2.75, 3.05) is 0 Å². The maximum absolute atomic E-state index is 5.59. The summed E-state index contributed by atoms with van der Waals surface area (Å²) in [6.45, 7) is 2.29. The Labute approximate surface area is 110 Å². The van der Waals surface area contributed by atoms with Crippen LogP contribution in [0.5, 0.6) is 0 Å². The highest BCUT2D eigenvalue weighted by atomic mass is 14.7. The fourth-order valence-corrected chi connectivity index (χ4v) is 3.14. The maximum Gasteiger partial charge on any atom is 0.270 e. The molecule has 1 aliphatic rings. The molecule has 0 bridgehead atoms. The van der Waals surface area contributed by atoms with Crippen molar-refractivity contribution in [2.24, 2.45) is 11.7 Å². The van der Waals surface area contributed by atoms with E-state index in [1.54, 1.807) is 0 Å². The number of nitrogens with two attached hydrogens (primary N) is 2. The third kappa shape index (κ3) is 3.12. The third-order valence-electron chi connectivity index (χ3n) is 4.26. The Morgan fingerprint density at radius 2 is 1.78 bits per heavy atom. The molecular weight excluding hydrogens is 220 g/mol. The lowest BCUT2D eigenvalue weighted by Crippen LogP contribution is -2.46. The standard InChI is InChI=1S/C16H24N2/c1-2-3-12-4-6-13(7-5-12)14-8-10-15(11-9-14)16(17)18/h8-13H,2-7H2,1H3,(H3,17,18)/p+1. The predicted octanol–water partition coefficient (Wildman–Crippen LogP) is 2.22. The molecule has 0 amide bonds. The van der Waals surface area contributed by atoms with Gasteiger partial charge < -0.3 is 0 Å². The van der Waals surface area contributed by atoms with E-state index in [1.807, 2.05) is 12.1 Å². The van der Waals surface area contributed by atoms with E-state index in [9.17, 15) is 0 Å². The Hall–Kier alpha value is -1.31. The highest BCUT2D eigenvalue weighted by Gasteiger charge is 2.21. The van der Waals surface area contributed by atoms with Gasteiger partial charge in [0, 0.05) is 0 Å². The molecule has 0 saturated heterocycles. The van der Waals surface area contributed by atoms with Crippen molar-refractivity contribution < 1.29 is 5.41 Å². The molecule has 2 nitrogen and oxygen atoms in total. The van der Waals surface area contributed by atoms with Gasteiger partial charge in [-0.3, -0.25) is 11.1 Å². The van der Waals surface area contributed by atoms with Crippen molar-refractivity contribution >= 4 is 5.84 Å². The Morgan fingerprint density at radius 3 is 2.28 bits per heavy atom. The number of benzene rings is 1. The molecule has 1 aromatic carbocycles. The predicted molar refractivity (Wildman–Crippen MR) is 76.3 cm³/mol. The lowest BCUT2D eigenvalue weighted by atomic mass is 9.77. The molecule has 98 valence electrons. The maximum atomic E-state index is 5.59. The molecular formula is C16H25N2+. The van der Waals surface area contributed by atoms with Crippen LogP contribution >= 0.6 is 0 Å². The first-order chi connectivity index (χ1) is 8.70. The van der Waals surface area contributed by atoms with Gasteiger partial charge in [-0.15, -0.1) is 0 Å². The summed E-state index contributed by atoms with van der Waals surface area (Å²) in [6.07, 6.45) is 8.20. The topological polar surface area (TPSA) is 51.6 Å². The molecule has 0 aliphatic heterocycles. The van der Waals surface area contributed by atoms with Crippen LogP contribution in [0.1, 0.15) is 62.5 Å². The summed E-state index contributed by atoms with van der Waals surface area (Å²) < 4.78 is 0. The number of rotatable bonds is 4. The van der Waals surface area contributed by atoms with Gasteiger partial charge >= 0.3 is 0 Å². The molecule has 1 fully saturated rings. The van der Waals surface area contributed by atoms with Crippen LogP contribution in [0.3, 0.4) is 0 Å². The molecule has 1 saturated carbocycles. The molecule has 0 aromatic heterocycles. The molecule has 4 N–H and O–H groups in total. The highest BCUT2D eigenvalue weighted by molar-refractivity contribution is 5.92. The van der Waals surface area contributed by atoms with E-state index in [0.29, 0.717) is 5.84 Å². The summed E-state index contributed by atoms with van der Waals surface area (Å²) in [5, 5.41) is 5.59. The Bertz CT molecular complexity index is 386. The van der Waals surface area contributed by atoms with Gasteiger partial charge in [-0.25, -0.2) is 0 Å². The third-order valence-corrected chi connectivity index (χ3v) is 4.26. The molecule has 0 unspecified atom stereocenters. The van der Waals surface area contributed by atoms with Crippen LogP contribution in [0.15, 0.2) is 24.3 Å². The minimum absolute atomic E-state index is 0.410. The van der Waals surface area contributed by atoms with E-state index >= 15 is 0 Å². The van der Waals surface area contributed by atoms with Gasteiger partial charge in [0.15, 0.2) is 0 Å². The van der Waals surface area contributed by atoms with Crippen LogP contribution in [-0.4, -0.2) is 5.84 Å². The normalized spacial score (nSPS) is 23.8. The quantitative estimate of drug-likeness (QED) is 0.620. The Morgan fingerprint density at radius 1 is 1.17 bits per heavy atom. The number of hydrogen-bond donors (Lipinski definition) is 2. The van der Waals surface area contributed by atoms with Gasteiger partial charge in [0.25, 0.3) is 5.84 Å². The van der Waals surface area contributed by atoms with Gasteiger partial charge in [0.05, 0.1) is 5.56 Å². The monoisotopic (exact) mass is 245 g/mol. The summed E-state index contributed by atoms with van der Waals surface area (Å²) >= 11 is 0. The fraction of sp³-hybridized carbons (Fsp3) is 0.562. The largest absolute Gasteiger partial charge is 0.287 e. The Kier molecular flexibility index (Phi) is 4.40. The molecule has 2 heteroatoms. The minimum atomic E-state index is 0.410. The van der Waals surface area contributed by atoms with Gasteiger partial charge in [0.1, 0.15) is 0 Å². The van der Waals surface area contributed by atoms with Crippen LogP contribution in [0, 0.1) is 5.92 Å². The van der Waals surface area contributed by atoms with Crippen molar-refractivity contribution in [1.82, 2.24) is 0 Å². The van der Waals surface area contributed by atoms with E-state index in [-0.39, 0.29) is 0 Å². The summed E-state index contributed by atoms with van der Waals surface area (Å²) in [7, 11) is 0. The molecule has 1 aliphatic carbocycles. The van der Waals surface area contributed by atoms with Crippen LogP contribution in [-0.2, 0) is 0 Å². The van der Waals surface area contributed by atoms with Gasteiger partial charge in [-0.2, -0.15) is 0 Å². The fourth-order valence-electron chi connectivity index (χ4n) is 3.14. The Balaban J connectivity index is 1.95. The lowest BCUT2D eigenvalue weighted by Gasteiger charge is -2.28. The zero-order valence-electron chi connectivity index (χ0n) is 11.4.